The molecule has 1 unspecified atom stereocenters. The van der Waals surface area contributed by atoms with Crippen LogP contribution in [0.3, 0.4) is 0 Å². The Hall–Kier alpha value is -1.89. The van der Waals surface area contributed by atoms with Crippen molar-refractivity contribution < 1.29 is 14.3 Å². The van der Waals surface area contributed by atoms with Crippen molar-refractivity contribution in [3.8, 4) is 0 Å². The summed E-state index contributed by atoms with van der Waals surface area (Å²) in [6.07, 6.45) is 4.22. The van der Waals surface area contributed by atoms with Crippen LogP contribution in [0.4, 0.5) is 0 Å². The fourth-order valence-corrected chi connectivity index (χ4v) is 2.68. The van der Waals surface area contributed by atoms with Crippen LogP contribution < -0.4 is 10.6 Å². The van der Waals surface area contributed by atoms with Crippen molar-refractivity contribution in [3.63, 3.8) is 0 Å². The quantitative estimate of drug-likeness (QED) is 0.734. The smallest absolute Gasteiger partial charge is 0.328 e. The molecule has 0 radical (unpaired) electrons. The summed E-state index contributed by atoms with van der Waals surface area (Å²) in [5.74, 6) is -0.650. The molecule has 1 aliphatic heterocycles. The predicted octanol–water partition coefficient (Wildman–Crippen LogP) is -0.209. The van der Waals surface area contributed by atoms with Gasteiger partial charge in [-0.2, -0.15) is 5.10 Å². The molecule has 0 bridgehead atoms. The molecule has 7 nitrogen and oxygen atoms in total. The average molecular weight is 294 g/mol. The van der Waals surface area contributed by atoms with Crippen molar-refractivity contribution in [1.82, 2.24) is 20.4 Å². The number of ether oxygens (including phenoxy) is 1. The van der Waals surface area contributed by atoms with Gasteiger partial charge in [0.05, 0.1) is 19.2 Å². The lowest BCUT2D eigenvalue weighted by atomic mass is 9.90. The van der Waals surface area contributed by atoms with E-state index in [0.29, 0.717) is 13.0 Å². The van der Waals surface area contributed by atoms with Gasteiger partial charge in [0.25, 0.3) is 0 Å². The Morgan fingerprint density at radius 1 is 1.57 bits per heavy atom. The third-order valence-electron chi connectivity index (χ3n) is 3.91. The number of aromatic nitrogens is 2. The molecule has 0 aromatic carbocycles. The minimum absolute atomic E-state index is 0.0776. The van der Waals surface area contributed by atoms with Gasteiger partial charge >= 0.3 is 5.97 Å². The van der Waals surface area contributed by atoms with Crippen LogP contribution in [0.2, 0.25) is 0 Å². The minimum atomic E-state index is -0.586. The van der Waals surface area contributed by atoms with E-state index in [-0.39, 0.29) is 17.7 Å². The van der Waals surface area contributed by atoms with E-state index in [4.69, 9.17) is 4.74 Å². The van der Waals surface area contributed by atoms with Crippen LogP contribution in [-0.4, -0.2) is 47.9 Å². The fraction of sp³-hybridized carbons (Fsp3) is 0.643. The van der Waals surface area contributed by atoms with Gasteiger partial charge in [-0.05, 0) is 12.0 Å². The maximum Gasteiger partial charge on any atom is 0.328 e. The molecule has 7 heteroatoms. The largest absolute Gasteiger partial charge is 0.467 e. The topological polar surface area (TPSA) is 85.3 Å². The average Bonchev–Trinajstić information content (AvgIpc) is 3.11. The zero-order valence-electron chi connectivity index (χ0n) is 12.6. The van der Waals surface area contributed by atoms with Gasteiger partial charge in [0.15, 0.2) is 0 Å². The first-order valence-electron chi connectivity index (χ1n) is 7.14. The molecule has 1 aromatic rings. The van der Waals surface area contributed by atoms with E-state index in [1.54, 1.807) is 10.9 Å². The van der Waals surface area contributed by atoms with E-state index in [2.05, 4.69) is 15.7 Å². The molecule has 1 amide bonds. The van der Waals surface area contributed by atoms with Crippen LogP contribution >= 0.6 is 0 Å². The van der Waals surface area contributed by atoms with Crippen molar-refractivity contribution in [2.24, 2.45) is 13.0 Å². The number of aryl methyl sites for hydroxylation is 1. The normalized spacial score (nSPS) is 22.8. The maximum absolute atomic E-state index is 12.4. The monoisotopic (exact) mass is 294 g/mol. The van der Waals surface area contributed by atoms with E-state index in [1.807, 2.05) is 20.2 Å². The summed E-state index contributed by atoms with van der Waals surface area (Å²) >= 11 is 0. The number of rotatable bonds is 5. The predicted molar refractivity (Wildman–Crippen MR) is 76.5 cm³/mol. The maximum atomic E-state index is 12.4. The van der Waals surface area contributed by atoms with Crippen molar-refractivity contribution in [2.45, 2.75) is 25.3 Å². The zero-order chi connectivity index (χ0) is 15.4. The highest BCUT2D eigenvalue weighted by atomic mass is 16.5. The molecule has 116 valence electrons. The summed E-state index contributed by atoms with van der Waals surface area (Å²) in [6, 6.07) is -0.586. The molecule has 1 saturated heterocycles. The van der Waals surface area contributed by atoms with E-state index in [9.17, 15) is 9.59 Å². The van der Waals surface area contributed by atoms with Crippen LogP contribution in [0, 0.1) is 5.92 Å². The third kappa shape index (κ3) is 3.41. The molecule has 2 N–H and O–H groups in total. The number of carbonyl (C=O) groups is 2. The number of carbonyl (C=O) groups excluding carboxylic acids is 2. The molecule has 1 aliphatic rings. The second kappa shape index (κ2) is 6.71. The molecular formula is C14H22N4O3. The molecule has 21 heavy (non-hydrogen) atoms. The number of esters is 1. The standard InChI is InChI=1S/C14H22N4O3/c1-4-12(14(20)21-3)17-13(19)11-7-15-6-10(11)9-5-16-18(2)8-9/h5,8,10-12,15H,4,6-7H2,1-3H3,(H,17,19)/t10-,11+,12?/m1/s1. The number of hydrogen-bond acceptors (Lipinski definition) is 5. The van der Waals surface area contributed by atoms with Crippen LogP contribution in [0.15, 0.2) is 12.4 Å². The van der Waals surface area contributed by atoms with E-state index in [1.165, 1.54) is 7.11 Å². The van der Waals surface area contributed by atoms with E-state index in [0.717, 1.165) is 12.1 Å². The molecule has 1 fully saturated rings. The highest BCUT2D eigenvalue weighted by Crippen LogP contribution is 2.28. The van der Waals surface area contributed by atoms with Gasteiger partial charge in [-0.25, -0.2) is 4.79 Å². The number of nitrogens with zero attached hydrogens (tertiary/aromatic N) is 2. The molecule has 0 spiro atoms. The number of amides is 1. The second-order valence-corrected chi connectivity index (χ2v) is 5.31. The summed E-state index contributed by atoms with van der Waals surface area (Å²) in [5.41, 5.74) is 1.04. The van der Waals surface area contributed by atoms with Gasteiger partial charge in [0.2, 0.25) is 5.91 Å². The molecule has 0 saturated carbocycles. The summed E-state index contributed by atoms with van der Waals surface area (Å²) in [4.78, 5) is 24.0. The molecule has 0 aliphatic carbocycles. The second-order valence-electron chi connectivity index (χ2n) is 5.31. The highest BCUT2D eigenvalue weighted by Gasteiger charge is 2.36. The van der Waals surface area contributed by atoms with Crippen molar-refractivity contribution >= 4 is 11.9 Å². The fourth-order valence-electron chi connectivity index (χ4n) is 2.68. The molecular weight excluding hydrogens is 272 g/mol. The van der Waals surface area contributed by atoms with Gasteiger partial charge in [0, 0.05) is 32.3 Å². The van der Waals surface area contributed by atoms with Crippen molar-refractivity contribution in [1.29, 1.82) is 0 Å². The summed E-state index contributed by atoms with van der Waals surface area (Å²) < 4.78 is 6.43. The van der Waals surface area contributed by atoms with Crippen LogP contribution in [0.5, 0.6) is 0 Å². The van der Waals surface area contributed by atoms with Gasteiger partial charge < -0.3 is 15.4 Å². The first-order valence-corrected chi connectivity index (χ1v) is 7.14. The summed E-state index contributed by atoms with van der Waals surface area (Å²) in [6.45, 7) is 3.18. The Morgan fingerprint density at radius 2 is 2.33 bits per heavy atom. The Labute approximate surface area is 124 Å². The van der Waals surface area contributed by atoms with Gasteiger partial charge in [-0.3, -0.25) is 9.48 Å². The van der Waals surface area contributed by atoms with Crippen LogP contribution in [0.25, 0.3) is 0 Å². The first-order chi connectivity index (χ1) is 10.1. The Balaban J connectivity index is 2.05. The van der Waals surface area contributed by atoms with Gasteiger partial charge in [-0.15, -0.1) is 0 Å². The van der Waals surface area contributed by atoms with E-state index >= 15 is 0 Å². The van der Waals surface area contributed by atoms with Crippen molar-refractivity contribution in [2.75, 3.05) is 20.2 Å². The summed E-state index contributed by atoms with van der Waals surface area (Å²) in [7, 11) is 3.18. The Morgan fingerprint density at radius 3 is 2.90 bits per heavy atom. The lowest BCUT2D eigenvalue weighted by Crippen LogP contribution is -2.45. The van der Waals surface area contributed by atoms with Crippen LogP contribution in [-0.2, 0) is 21.4 Å². The number of nitrogens with one attached hydrogen (secondary N) is 2. The molecule has 2 rings (SSSR count). The van der Waals surface area contributed by atoms with Gasteiger partial charge in [-0.1, -0.05) is 6.92 Å². The molecule has 1 aromatic heterocycles. The lowest BCUT2D eigenvalue weighted by Gasteiger charge is -2.20. The summed E-state index contributed by atoms with van der Waals surface area (Å²) in [5, 5.41) is 10.2. The highest BCUT2D eigenvalue weighted by molar-refractivity contribution is 5.86. The third-order valence-corrected chi connectivity index (χ3v) is 3.91. The lowest BCUT2D eigenvalue weighted by molar-refractivity contribution is -0.145. The van der Waals surface area contributed by atoms with Crippen molar-refractivity contribution in [3.05, 3.63) is 18.0 Å². The zero-order valence-corrected chi connectivity index (χ0v) is 12.6. The Bertz CT molecular complexity index is 514. The molecule has 3 atom stereocenters. The minimum Gasteiger partial charge on any atom is -0.467 e. The van der Waals surface area contributed by atoms with Crippen LogP contribution in [0.1, 0.15) is 24.8 Å². The molecule has 2 heterocycles. The Kier molecular flexibility index (Phi) is 4.95. The number of methoxy groups -OCH3 is 1. The number of hydrogen-bond donors (Lipinski definition) is 2. The SMILES string of the molecule is CCC(NC(=O)[C@H]1CNC[C@@H]1c1cnn(C)c1)C(=O)OC. The van der Waals surface area contributed by atoms with E-state index < -0.39 is 12.0 Å². The van der Waals surface area contributed by atoms with Gasteiger partial charge in [0.1, 0.15) is 6.04 Å². The first kappa shape index (κ1) is 15.5.